The molecule has 0 aliphatic heterocycles. The SMILES string of the molecule is Cc1ccc(C(=O)COc2cc(F)ccc2Br)s1. The molecule has 5 heteroatoms. The highest BCUT2D eigenvalue weighted by molar-refractivity contribution is 9.10. The van der Waals surface area contributed by atoms with Gasteiger partial charge < -0.3 is 4.74 Å². The number of thiophene rings is 1. The van der Waals surface area contributed by atoms with Crippen LogP contribution in [0.25, 0.3) is 0 Å². The third-order valence-corrected chi connectivity index (χ3v) is 3.96. The second-order valence-electron chi connectivity index (χ2n) is 3.70. The fourth-order valence-electron chi connectivity index (χ4n) is 1.39. The summed E-state index contributed by atoms with van der Waals surface area (Å²) in [4.78, 5) is 13.5. The van der Waals surface area contributed by atoms with Crippen molar-refractivity contribution in [2.75, 3.05) is 6.61 Å². The third-order valence-electron chi connectivity index (χ3n) is 2.27. The van der Waals surface area contributed by atoms with E-state index in [1.165, 1.54) is 23.5 Å². The molecule has 0 amide bonds. The number of aryl methyl sites for hydroxylation is 1. The molecule has 2 rings (SSSR count). The number of hydrogen-bond acceptors (Lipinski definition) is 3. The summed E-state index contributed by atoms with van der Waals surface area (Å²) in [5, 5.41) is 0. The van der Waals surface area contributed by atoms with Crippen LogP contribution in [0.5, 0.6) is 5.75 Å². The van der Waals surface area contributed by atoms with Gasteiger partial charge in [0.05, 0.1) is 9.35 Å². The predicted octanol–water partition coefficient (Wildman–Crippen LogP) is 4.22. The maximum atomic E-state index is 13.0. The van der Waals surface area contributed by atoms with Crippen molar-refractivity contribution < 1.29 is 13.9 Å². The number of Topliss-reactive ketones (excluding diaryl/α,β-unsaturated/α-hetero) is 1. The minimum absolute atomic E-state index is 0.0952. The van der Waals surface area contributed by atoms with Crippen LogP contribution in [-0.2, 0) is 0 Å². The van der Waals surface area contributed by atoms with Crippen LogP contribution in [-0.4, -0.2) is 12.4 Å². The van der Waals surface area contributed by atoms with Crippen molar-refractivity contribution in [1.29, 1.82) is 0 Å². The van der Waals surface area contributed by atoms with Crippen molar-refractivity contribution in [2.24, 2.45) is 0 Å². The number of ether oxygens (including phenoxy) is 1. The zero-order chi connectivity index (χ0) is 13.1. The fourth-order valence-corrected chi connectivity index (χ4v) is 2.54. The van der Waals surface area contributed by atoms with E-state index in [9.17, 15) is 9.18 Å². The largest absolute Gasteiger partial charge is 0.484 e. The lowest BCUT2D eigenvalue weighted by molar-refractivity contribution is 0.0925. The Labute approximate surface area is 117 Å². The number of halogens is 2. The van der Waals surface area contributed by atoms with Gasteiger partial charge in [-0.1, -0.05) is 0 Å². The van der Waals surface area contributed by atoms with E-state index in [2.05, 4.69) is 15.9 Å². The topological polar surface area (TPSA) is 26.3 Å². The molecular weight excluding hydrogens is 319 g/mol. The van der Waals surface area contributed by atoms with Crippen LogP contribution in [0.4, 0.5) is 4.39 Å². The van der Waals surface area contributed by atoms with E-state index in [1.807, 2.05) is 13.0 Å². The number of rotatable bonds is 4. The first kappa shape index (κ1) is 13.2. The van der Waals surface area contributed by atoms with Crippen molar-refractivity contribution >= 4 is 33.0 Å². The molecule has 0 atom stereocenters. The lowest BCUT2D eigenvalue weighted by Crippen LogP contribution is -2.10. The van der Waals surface area contributed by atoms with E-state index in [-0.39, 0.29) is 12.4 Å². The molecule has 0 radical (unpaired) electrons. The zero-order valence-electron chi connectivity index (χ0n) is 9.57. The van der Waals surface area contributed by atoms with Gasteiger partial charge in [-0.25, -0.2) is 4.39 Å². The predicted molar refractivity (Wildman–Crippen MR) is 73.0 cm³/mol. The molecule has 0 bridgehead atoms. The molecule has 0 aliphatic carbocycles. The normalized spacial score (nSPS) is 10.4. The Morgan fingerprint density at radius 3 is 2.83 bits per heavy atom. The van der Waals surface area contributed by atoms with Gasteiger partial charge in [0.15, 0.2) is 6.61 Å². The van der Waals surface area contributed by atoms with E-state index in [4.69, 9.17) is 4.74 Å². The summed E-state index contributed by atoms with van der Waals surface area (Å²) in [6.45, 7) is 1.84. The van der Waals surface area contributed by atoms with Crippen LogP contribution in [0, 0.1) is 12.7 Å². The van der Waals surface area contributed by atoms with Gasteiger partial charge in [-0.15, -0.1) is 11.3 Å². The molecule has 1 heterocycles. The lowest BCUT2D eigenvalue weighted by atomic mass is 10.3. The highest BCUT2D eigenvalue weighted by Gasteiger charge is 2.10. The first-order chi connectivity index (χ1) is 8.56. The van der Waals surface area contributed by atoms with Gasteiger partial charge in [-0.2, -0.15) is 0 Å². The van der Waals surface area contributed by atoms with Gasteiger partial charge in [0.25, 0.3) is 0 Å². The minimum Gasteiger partial charge on any atom is -0.484 e. The molecule has 18 heavy (non-hydrogen) atoms. The number of benzene rings is 1. The molecule has 0 saturated heterocycles. The molecule has 0 saturated carbocycles. The number of carbonyl (C=O) groups is 1. The van der Waals surface area contributed by atoms with Crippen molar-refractivity contribution in [3.8, 4) is 5.75 Å². The van der Waals surface area contributed by atoms with E-state index in [0.29, 0.717) is 15.1 Å². The summed E-state index contributed by atoms with van der Waals surface area (Å²) in [6, 6.07) is 7.77. The summed E-state index contributed by atoms with van der Waals surface area (Å²) in [7, 11) is 0. The van der Waals surface area contributed by atoms with E-state index < -0.39 is 5.82 Å². The third kappa shape index (κ3) is 3.17. The van der Waals surface area contributed by atoms with Gasteiger partial charge in [0, 0.05) is 10.9 Å². The second kappa shape index (κ2) is 5.63. The summed E-state index contributed by atoms with van der Waals surface area (Å²) in [5.74, 6) is -0.173. The monoisotopic (exact) mass is 328 g/mol. The van der Waals surface area contributed by atoms with Gasteiger partial charge in [0.2, 0.25) is 5.78 Å². The molecule has 0 aliphatic rings. The Hall–Kier alpha value is -1.20. The average molecular weight is 329 g/mol. The zero-order valence-corrected chi connectivity index (χ0v) is 12.0. The Morgan fingerprint density at radius 1 is 1.39 bits per heavy atom. The molecule has 0 spiro atoms. The van der Waals surface area contributed by atoms with Crippen LogP contribution < -0.4 is 4.74 Å². The first-order valence-electron chi connectivity index (χ1n) is 5.24. The average Bonchev–Trinajstić information content (AvgIpc) is 2.77. The maximum Gasteiger partial charge on any atom is 0.210 e. The minimum atomic E-state index is -0.396. The number of ketones is 1. The van der Waals surface area contributed by atoms with Gasteiger partial charge in [-0.05, 0) is 47.1 Å². The van der Waals surface area contributed by atoms with E-state index >= 15 is 0 Å². The molecule has 2 aromatic rings. The van der Waals surface area contributed by atoms with Crippen LogP contribution in [0.2, 0.25) is 0 Å². The summed E-state index contributed by atoms with van der Waals surface area (Å²) < 4.78 is 19.0. The van der Waals surface area contributed by atoms with Gasteiger partial charge >= 0.3 is 0 Å². The van der Waals surface area contributed by atoms with Crippen LogP contribution in [0.15, 0.2) is 34.8 Å². The van der Waals surface area contributed by atoms with Crippen LogP contribution >= 0.6 is 27.3 Å². The van der Waals surface area contributed by atoms with Crippen molar-refractivity contribution in [1.82, 2.24) is 0 Å². The summed E-state index contributed by atoms with van der Waals surface area (Å²) in [6.07, 6.45) is 0. The number of carbonyl (C=O) groups excluding carboxylic acids is 1. The standard InChI is InChI=1S/C13H10BrFO2S/c1-8-2-5-13(18-8)11(16)7-17-12-6-9(15)3-4-10(12)14/h2-6H,7H2,1H3. The highest BCUT2D eigenvalue weighted by Crippen LogP contribution is 2.26. The Morgan fingerprint density at radius 2 is 2.17 bits per heavy atom. The molecule has 1 aromatic carbocycles. The van der Waals surface area contributed by atoms with Gasteiger partial charge in [0.1, 0.15) is 11.6 Å². The fraction of sp³-hybridized carbons (Fsp3) is 0.154. The first-order valence-corrected chi connectivity index (χ1v) is 6.84. The van der Waals surface area contributed by atoms with Crippen molar-refractivity contribution in [3.63, 3.8) is 0 Å². The van der Waals surface area contributed by atoms with E-state index in [0.717, 1.165) is 4.88 Å². The molecule has 0 fully saturated rings. The molecule has 0 N–H and O–H groups in total. The Bertz CT molecular complexity index is 580. The van der Waals surface area contributed by atoms with Crippen LogP contribution in [0.1, 0.15) is 14.5 Å². The lowest BCUT2D eigenvalue weighted by Gasteiger charge is -2.06. The highest BCUT2D eigenvalue weighted by atomic mass is 79.9. The Balaban J connectivity index is 2.03. The Kier molecular flexibility index (Phi) is 4.14. The quantitative estimate of drug-likeness (QED) is 0.785. The second-order valence-corrected chi connectivity index (χ2v) is 5.84. The smallest absolute Gasteiger partial charge is 0.210 e. The van der Waals surface area contributed by atoms with Crippen molar-refractivity contribution in [3.05, 3.63) is 50.4 Å². The van der Waals surface area contributed by atoms with Crippen molar-refractivity contribution in [2.45, 2.75) is 6.92 Å². The maximum absolute atomic E-state index is 13.0. The molecule has 2 nitrogen and oxygen atoms in total. The molecule has 0 unspecified atom stereocenters. The van der Waals surface area contributed by atoms with Gasteiger partial charge in [-0.3, -0.25) is 4.79 Å². The summed E-state index contributed by atoms with van der Waals surface area (Å²) in [5.41, 5.74) is 0. The van der Waals surface area contributed by atoms with E-state index in [1.54, 1.807) is 12.1 Å². The van der Waals surface area contributed by atoms with Crippen LogP contribution in [0.3, 0.4) is 0 Å². The molecule has 1 aromatic heterocycles. The molecule has 94 valence electrons. The molecular formula is C13H10BrFO2S. The number of hydrogen-bond donors (Lipinski definition) is 0. The summed E-state index contributed by atoms with van der Waals surface area (Å²) >= 11 is 4.66.